The van der Waals surface area contributed by atoms with Crippen molar-refractivity contribution in [3.8, 4) is 5.75 Å². The van der Waals surface area contributed by atoms with Gasteiger partial charge in [-0.25, -0.2) is 4.79 Å². The van der Waals surface area contributed by atoms with Crippen LogP contribution in [0.3, 0.4) is 0 Å². The summed E-state index contributed by atoms with van der Waals surface area (Å²) in [4.78, 5) is 14.3. The molecule has 18 heavy (non-hydrogen) atoms. The van der Waals surface area contributed by atoms with Crippen molar-refractivity contribution in [3.05, 3.63) is 29.3 Å². The number of hydrogen-bond donors (Lipinski definition) is 1. The molecule has 1 amide bonds. The van der Waals surface area contributed by atoms with Gasteiger partial charge in [0.15, 0.2) is 0 Å². The molecule has 0 saturated heterocycles. The maximum Gasteiger partial charge on any atom is 0.407 e. The van der Waals surface area contributed by atoms with Gasteiger partial charge < -0.3 is 14.7 Å². The minimum atomic E-state index is -0.874. The smallest absolute Gasteiger partial charge is 0.407 e. The fourth-order valence-corrected chi connectivity index (χ4v) is 1.94. The number of carboxylic acid groups (broad SMARTS) is 1. The molecule has 0 bridgehead atoms. The van der Waals surface area contributed by atoms with Crippen molar-refractivity contribution in [2.24, 2.45) is 0 Å². The summed E-state index contributed by atoms with van der Waals surface area (Å²) < 4.78 is 5.63. The first-order chi connectivity index (χ1) is 8.56. The predicted molar refractivity (Wildman–Crippen MR) is 67.8 cm³/mol. The van der Waals surface area contributed by atoms with E-state index in [1.54, 1.807) is 0 Å². The molecule has 0 atom stereocenters. The van der Waals surface area contributed by atoms with E-state index in [9.17, 15) is 4.79 Å². The quantitative estimate of drug-likeness (QED) is 0.882. The van der Waals surface area contributed by atoms with Crippen LogP contribution in [0.5, 0.6) is 5.75 Å². The summed E-state index contributed by atoms with van der Waals surface area (Å²) in [6, 6.07) is 5.79. The van der Waals surface area contributed by atoms with Crippen molar-refractivity contribution in [2.45, 2.75) is 13.1 Å². The van der Waals surface area contributed by atoms with Gasteiger partial charge in [-0.2, -0.15) is 0 Å². The number of likely N-dealkylation sites (N-methyl/N-ethyl adjacent to an activating group) is 1. The molecule has 5 nitrogen and oxygen atoms in total. The third-order valence-electron chi connectivity index (χ3n) is 2.98. The third-order valence-corrected chi connectivity index (χ3v) is 2.98. The second kappa shape index (κ2) is 5.27. The Morgan fingerprint density at radius 2 is 2.11 bits per heavy atom. The normalized spacial score (nSPS) is 13.8. The number of rotatable bonds is 4. The van der Waals surface area contributed by atoms with Crippen LogP contribution in [0.1, 0.15) is 11.1 Å². The van der Waals surface area contributed by atoms with Gasteiger partial charge in [-0.1, -0.05) is 6.07 Å². The number of fused-ring (bicyclic) bond motifs is 1. The van der Waals surface area contributed by atoms with Crippen LogP contribution in [0.4, 0.5) is 4.79 Å². The molecule has 1 aliphatic rings. The molecule has 5 heteroatoms. The van der Waals surface area contributed by atoms with Gasteiger partial charge in [0.2, 0.25) is 0 Å². The summed E-state index contributed by atoms with van der Waals surface area (Å²) in [6.45, 7) is 2.42. The Balaban J connectivity index is 1.97. The zero-order valence-corrected chi connectivity index (χ0v) is 10.7. The first-order valence-corrected chi connectivity index (χ1v) is 5.93. The molecule has 0 fully saturated rings. The lowest BCUT2D eigenvalue weighted by Crippen LogP contribution is -2.22. The highest BCUT2D eigenvalue weighted by Crippen LogP contribution is 2.26. The molecule has 0 spiro atoms. The number of nitrogens with zero attached hydrogens (tertiary/aromatic N) is 2. The van der Waals surface area contributed by atoms with Crippen molar-refractivity contribution < 1.29 is 14.6 Å². The summed E-state index contributed by atoms with van der Waals surface area (Å²) in [7, 11) is 3.99. The Labute approximate surface area is 107 Å². The molecule has 98 valence electrons. The van der Waals surface area contributed by atoms with E-state index in [0.29, 0.717) is 19.7 Å². The number of ether oxygens (including phenoxy) is 1. The van der Waals surface area contributed by atoms with E-state index in [2.05, 4.69) is 4.90 Å². The Morgan fingerprint density at radius 1 is 1.39 bits per heavy atom. The number of hydrogen-bond acceptors (Lipinski definition) is 3. The van der Waals surface area contributed by atoms with Gasteiger partial charge in [0, 0.05) is 19.6 Å². The maximum atomic E-state index is 10.9. The van der Waals surface area contributed by atoms with Gasteiger partial charge in [-0.3, -0.25) is 4.90 Å². The zero-order valence-electron chi connectivity index (χ0n) is 10.7. The number of carbonyl (C=O) groups is 1. The molecule has 0 radical (unpaired) electrons. The van der Waals surface area contributed by atoms with Gasteiger partial charge in [0.05, 0.1) is 0 Å². The van der Waals surface area contributed by atoms with E-state index < -0.39 is 6.09 Å². The standard InChI is InChI=1S/C13H18N2O3/c1-14(2)5-6-18-12-4-3-10-8-15(13(16)17)9-11(10)7-12/h3-4,7H,5-6,8-9H2,1-2H3,(H,16,17). The zero-order chi connectivity index (χ0) is 13.1. The van der Waals surface area contributed by atoms with Crippen molar-refractivity contribution in [2.75, 3.05) is 27.2 Å². The van der Waals surface area contributed by atoms with Crippen LogP contribution < -0.4 is 4.74 Å². The maximum absolute atomic E-state index is 10.9. The fraction of sp³-hybridized carbons (Fsp3) is 0.462. The van der Waals surface area contributed by atoms with Crippen molar-refractivity contribution in [3.63, 3.8) is 0 Å². The van der Waals surface area contributed by atoms with Crippen LogP contribution in [-0.4, -0.2) is 48.2 Å². The molecule has 1 aromatic carbocycles. The van der Waals surface area contributed by atoms with Crippen molar-refractivity contribution in [1.29, 1.82) is 0 Å². The van der Waals surface area contributed by atoms with Crippen LogP contribution in [0.25, 0.3) is 0 Å². The Morgan fingerprint density at radius 3 is 2.78 bits per heavy atom. The van der Waals surface area contributed by atoms with Gasteiger partial charge in [0.25, 0.3) is 0 Å². The predicted octanol–water partition coefficient (Wildman–Crippen LogP) is 1.62. The molecular formula is C13H18N2O3. The molecule has 1 N–H and O–H groups in total. The van der Waals surface area contributed by atoms with Crippen LogP contribution >= 0.6 is 0 Å². The molecule has 1 aromatic rings. The molecular weight excluding hydrogens is 232 g/mol. The van der Waals surface area contributed by atoms with E-state index in [-0.39, 0.29) is 0 Å². The third kappa shape index (κ3) is 2.92. The summed E-state index contributed by atoms with van der Waals surface area (Å²) in [5.74, 6) is 0.808. The van der Waals surface area contributed by atoms with Gasteiger partial charge in [0.1, 0.15) is 12.4 Å². The van der Waals surface area contributed by atoms with Gasteiger partial charge in [-0.05, 0) is 37.4 Å². The average molecular weight is 250 g/mol. The molecule has 0 unspecified atom stereocenters. The molecule has 0 aromatic heterocycles. The Hall–Kier alpha value is -1.75. The molecule has 0 saturated carbocycles. The summed E-state index contributed by atoms with van der Waals surface area (Å²) in [5, 5.41) is 8.95. The van der Waals surface area contributed by atoms with Crippen LogP contribution in [0.2, 0.25) is 0 Å². The van der Waals surface area contributed by atoms with Gasteiger partial charge in [-0.15, -0.1) is 0 Å². The highest BCUT2D eigenvalue weighted by molar-refractivity contribution is 5.66. The first-order valence-electron chi connectivity index (χ1n) is 5.93. The van der Waals surface area contributed by atoms with E-state index in [4.69, 9.17) is 9.84 Å². The molecule has 2 rings (SSSR count). The lowest BCUT2D eigenvalue weighted by Gasteiger charge is -2.11. The summed E-state index contributed by atoms with van der Waals surface area (Å²) in [5.41, 5.74) is 2.11. The SMILES string of the molecule is CN(C)CCOc1ccc2c(c1)CN(C(=O)O)C2. The topological polar surface area (TPSA) is 53.0 Å². The monoisotopic (exact) mass is 250 g/mol. The first kappa shape index (κ1) is 12.7. The minimum Gasteiger partial charge on any atom is -0.492 e. The Kier molecular flexibility index (Phi) is 3.72. The molecule has 0 aliphatic carbocycles. The fourth-order valence-electron chi connectivity index (χ4n) is 1.94. The highest BCUT2D eigenvalue weighted by Gasteiger charge is 2.22. The summed E-state index contributed by atoms with van der Waals surface area (Å²) in [6.07, 6.45) is -0.874. The van der Waals surface area contributed by atoms with Crippen LogP contribution in [-0.2, 0) is 13.1 Å². The minimum absolute atomic E-state index is 0.454. The van der Waals surface area contributed by atoms with Crippen LogP contribution in [0.15, 0.2) is 18.2 Å². The lowest BCUT2D eigenvalue weighted by atomic mass is 10.1. The lowest BCUT2D eigenvalue weighted by molar-refractivity contribution is 0.145. The molecule has 1 heterocycles. The van der Waals surface area contributed by atoms with Crippen molar-refractivity contribution >= 4 is 6.09 Å². The van der Waals surface area contributed by atoms with Crippen LogP contribution in [0, 0.1) is 0 Å². The number of benzene rings is 1. The second-order valence-corrected chi connectivity index (χ2v) is 4.72. The second-order valence-electron chi connectivity index (χ2n) is 4.72. The number of amides is 1. The van der Waals surface area contributed by atoms with Crippen molar-refractivity contribution in [1.82, 2.24) is 9.80 Å². The average Bonchev–Trinajstić information content (AvgIpc) is 2.71. The Bertz CT molecular complexity index is 446. The van der Waals surface area contributed by atoms with E-state index in [0.717, 1.165) is 23.4 Å². The summed E-state index contributed by atoms with van der Waals surface area (Å²) >= 11 is 0. The molecule has 1 aliphatic heterocycles. The van der Waals surface area contributed by atoms with E-state index >= 15 is 0 Å². The van der Waals surface area contributed by atoms with E-state index in [1.807, 2.05) is 32.3 Å². The largest absolute Gasteiger partial charge is 0.492 e. The highest BCUT2D eigenvalue weighted by atomic mass is 16.5. The van der Waals surface area contributed by atoms with E-state index in [1.165, 1.54) is 4.90 Å². The van der Waals surface area contributed by atoms with Gasteiger partial charge >= 0.3 is 6.09 Å².